The number of ether oxygens (including phenoxy) is 1. The smallest absolute Gasteiger partial charge is 0.251 e. The van der Waals surface area contributed by atoms with Crippen molar-refractivity contribution in [1.82, 2.24) is 5.32 Å². The van der Waals surface area contributed by atoms with Gasteiger partial charge in [-0.2, -0.15) is 5.26 Å². The fraction of sp³-hybridized carbons (Fsp3) is 0.333. The Balaban J connectivity index is 2.77. The number of methoxy groups -OCH3 is 1. The number of nitriles is 1. The van der Waals surface area contributed by atoms with Crippen LogP contribution in [-0.4, -0.2) is 24.2 Å². The lowest BCUT2D eigenvalue weighted by atomic mass is 10.1. The van der Waals surface area contributed by atoms with Crippen molar-refractivity contribution in [1.29, 1.82) is 5.26 Å². The van der Waals surface area contributed by atoms with Crippen LogP contribution in [0.2, 0.25) is 0 Å². The van der Waals surface area contributed by atoms with Crippen molar-refractivity contribution < 1.29 is 14.6 Å². The number of phenols is 1. The minimum absolute atomic E-state index is 0.0897. The fourth-order valence-electron chi connectivity index (χ4n) is 1.33. The molecule has 1 unspecified atom stereocenters. The molecule has 0 saturated carbocycles. The van der Waals surface area contributed by atoms with E-state index in [4.69, 9.17) is 10.00 Å². The molecule has 0 aliphatic rings. The molecule has 0 heterocycles. The number of rotatable bonds is 4. The SMILES string of the molecule is COc1ccc(C(=O)NC(C)CC#N)cc1O. The predicted octanol–water partition coefficient (Wildman–Crippen LogP) is 1.43. The predicted molar refractivity (Wildman–Crippen MR) is 61.8 cm³/mol. The fourth-order valence-corrected chi connectivity index (χ4v) is 1.33. The van der Waals surface area contributed by atoms with Gasteiger partial charge in [-0.1, -0.05) is 0 Å². The van der Waals surface area contributed by atoms with Gasteiger partial charge in [-0.3, -0.25) is 4.79 Å². The Bertz CT molecular complexity index is 452. The molecular weight excluding hydrogens is 220 g/mol. The van der Waals surface area contributed by atoms with Gasteiger partial charge in [0.25, 0.3) is 5.91 Å². The Morgan fingerprint density at radius 2 is 2.35 bits per heavy atom. The Morgan fingerprint density at radius 1 is 1.65 bits per heavy atom. The standard InChI is InChI=1S/C12H14N2O3/c1-8(5-6-13)14-12(16)9-3-4-11(17-2)10(15)7-9/h3-4,7-8,15H,5H2,1-2H3,(H,14,16). The highest BCUT2D eigenvalue weighted by Crippen LogP contribution is 2.26. The molecule has 1 amide bonds. The minimum atomic E-state index is -0.328. The average Bonchev–Trinajstić information content (AvgIpc) is 2.29. The highest BCUT2D eigenvalue weighted by Gasteiger charge is 2.11. The summed E-state index contributed by atoms with van der Waals surface area (Å²) in [5.41, 5.74) is 0.327. The summed E-state index contributed by atoms with van der Waals surface area (Å²) < 4.78 is 4.87. The summed E-state index contributed by atoms with van der Waals surface area (Å²) in [5.74, 6) is -0.106. The first kappa shape index (κ1) is 12.8. The first-order valence-corrected chi connectivity index (χ1v) is 5.13. The number of benzene rings is 1. The monoisotopic (exact) mass is 234 g/mol. The van der Waals surface area contributed by atoms with Crippen molar-refractivity contribution in [3.63, 3.8) is 0 Å². The van der Waals surface area contributed by atoms with E-state index in [1.165, 1.54) is 19.2 Å². The molecular formula is C12H14N2O3. The number of nitrogens with one attached hydrogen (secondary N) is 1. The lowest BCUT2D eigenvalue weighted by molar-refractivity contribution is 0.0940. The van der Waals surface area contributed by atoms with Crippen molar-refractivity contribution in [3.8, 4) is 17.6 Å². The van der Waals surface area contributed by atoms with Crippen LogP contribution in [0.3, 0.4) is 0 Å². The van der Waals surface area contributed by atoms with Crippen LogP contribution in [0.15, 0.2) is 18.2 Å². The molecule has 0 fully saturated rings. The normalized spacial score (nSPS) is 11.4. The van der Waals surface area contributed by atoms with Crippen molar-refractivity contribution in [2.24, 2.45) is 0 Å². The van der Waals surface area contributed by atoms with Gasteiger partial charge in [0.05, 0.1) is 19.6 Å². The quantitative estimate of drug-likeness (QED) is 0.825. The van der Waals surface area contributed by atoms with Crippen molar-refractivity contribution in [2.75, 3.05) is 7.11 Å². The van der Waals surface area contributed by atoms with Crippen LogP contribution < -0.4 is 10.1 Å². The molecule has 0 bridgehead atoms. The molecule has 0 radical (unpaired) electrons. The third kappa shape index (κ3) is 3.38. The number of carbonyl (C=O) groups is 1. The van der Waals surface area contributed by atoms with Crippen LogP contribution in [0.5, 0.6) is 11.5 Å². The second-order valence-electron chi connectivity index (χ2n) is 3.62. The highest BCUT2D eigenvalue weighted by molar-refractivity contribution is 5.95. The number of hydrogen-bond acceptors (Lipinski definition) is 4. The van der Waals surface area contributed by atoms with Crippen LogP contribution in [0.4, 0.5) is 0 Å². The second kappa shape index (κ2) is 5.75. The Hall–Kier alpha value is -2.22. The summed E-state index contributed by atoms with van der Waals surface area (Å²) in [6.07, 6.45) is 0.244. The summed E-state index contributed by atoms with van der Waals surface area (Å²) in [6, 6.07) is 6.13. The largest absolute Gasteiger partial charge is 0.504 e. The maximum absolute atomic E-state index is 11.7. The van der Waals surface area contributed by atoms with Crippen LogP contribution in [0.25, 0.3) is 0 Å². The summed E-state index contributed by atoms with van der Waals surface area (Å²) in [4.78, 5) is 11.7. The van der Waals surface area contributed by atoms with Crippen LogP contribution in [-0.2, 0) is 0 Å². The van der Waals surface area contributed by atoms with E-state index in [1.807, 2.05) is 6.07 Å². The maximum Gasteiger partial charge on any atom is 0.251 e. The molecule has 1 aromatic carbocycles. The zero-order valence-corrected chi connectivity index (χ0v) is 9.73. The molecule has 0 saturated heterocycles. The van der Waals surface area contributed by atoms with E-state index < -0.39 is 0 Å². The van der Waals surface area contributed by atoms with E-state index in [0.29, 0.717) is 11.3 Å². The number of carbonyl (C=O) groups excluding carboxylic acids is 1. The Labute approximate surface area is 99.6 Å². The van der Waals surface area contributed by atoms with E-state index in [1.54, 1.807) is 13.0 Å². The van der Waals surface area contributed by atoms with Gasteiger partial charge in [-0.15, -0.1) is 0 Å². The van der Waals surface area contributed by atoms with E-state index >= 15 is 0 Å². The maximum atomic E-state index is 11.7. The zero-order valence-electron chi connectivity index (χ0n) is 9.73. The molecule has 2 N–H and O–H groups in total. The number of amides is 1. The molecule has 5 heteroatoms. The molecule has 1 atom stereocenters. The summed E-state index contributed by atoms with van der Waals surface area (Å²) >= 11 is 0. The van der Waals surface area contributed by atoms with E-state index in [-0.39, 0.29) is 24.1 Å². The Morgan fingerprint density at radius 3 is 2.88 bits per heavy atom. The van der Waals surface area contributed by atoms with Crippen molar-refractivity contribution in [2.45, 2.75) is 19.4 Å². The minimum Gasteiger partial charge on any atom is -0.504 e. The topological polar surface area (TPSA) is 82.3 Å². The first-order valence-electron chi connectivity index (χ1n) is 5.13. The van der Waals surface area contributed by atoms with Gasteiger partial charge < -0.3 is 15.2 Å². The van der Waals surface area contributed by atoms with Gasteiger partial charge in [0.2, 0.25) is 0 Å². The number of nitrogens with zero attached hydrogens (tertiary/aromatic N) is 1. The first-order chi connectivity index (χ1) is 8.08. The molecule has 5 nitrogen and oxygen atoms in total. The third-order valence-corrected chi connectivity index (χ3v) is 2.22. The number of hydrogen-bond donors (Lipinski definition) is 2. The van der Waals surface area contributed by atoms with Gasteiger partial charge in [-0.25, -0.2) is 0 Å². The van der Waals surface area contributed by atoms with Crippen molar-refractivity contribution in [3.05, 3.63) is 23.8 Å². The van der Waals surface area contributed by atoms with Crippen LogP contribution in [0, 0.1) is 11.3 Å². The lowest BCUT2D eigenvalue weighted by Crippen LogP contribution is -2.32. The molecule has 0 aliphatic carbocycles. The van der Waals surface area contributed by atoms with E-state index in [9.17, 15) is 9.90 Å². The average molecular weight is 234 g/mol. The van der Waals surface area contributed by atoms with E-state index in [0.717, 1.165) is 0 Å². The molecule has 0 aliphatic heterocycles. The van der Waals surface area contributed by atoms with Gasteiger partial charge in [0, 0.05) is 11.6 Å². The van der Waals surface area contributed by atoms with Crippen LogP contribution >= 0.6 is 0 Å². The molecule has 1 aromatic rings. The molecule has 0 spiro atoms. The highest BCUT2D eigenvalue weighted by atomic mass is 16.5. The summed E-state index contributed by atoms with van der Waals surface area (Å²) in [7, 11) is 1.43. The molecule has 0 aromatic heterocycles. The van der Waals surface area contributed by atoms with Crippen LogP contribution in [0.1, 0.15) is 23.7 Å². The van der Waals surface area contributed by atoms with Gasteiger partial charge in [-0.05, 0) is 25.1 Å². The number of phenolic OH excluding ortho intramolecular Hbond substituents is 1. The third-order valence-electron chi connectivity index (χ3n) is 2.22. The number of aromatic hydroxyl groups is 1. The van der Waals surface area contributed by atoms with E-state index in [2.05, 4.69) is 5.32 Å². The molecule has 90 valence electrons. The Kier molecular flexibility index (Phi) is 4.35. The van der Waals surface area contributed by atoms with Crippen molar-refractivity contribution >= 4 is 5.91 Å². The second-order valence-corrected chi connectivity index (χ2v) is 3.62. The summed E-state index contributed by atoms with van der Waals surface area (Å²) in [5, 5.41) is 20.6. The van der Waals surface area contributed by atoms with Gasteiger partial charge in [0.1, 0.15) is 0 Å². The molecule has 1 rings (SSSR count). The molecule has 17 heavy (non-hydrogen) atoms. The van der Waals surface area contributed by atoms with Gasteiger partial charge in [0.15, 0.2) is 11.5 Å². The summed E-state index contributed by atoms with van der Waals surface area (Å²) in [6.45, 7) is 1.74. The zero-order chi connectivity index (χ0) is 12.8. The lowest BCUT2D eigenvalue weighted by Gasteiger charge is -2.11. The van der Waals surface area contributed by atoms with Gasteiger partial charge >= 0.3 is 0 Å².